The van der Waals surface area contributed by atoms with Crippen molar-refractivity contribution in [3.05, 3.63) is 48.2 Å². The number of nitrogens with one attached hydrogen (secondary N) is 1. The van der Waals surface area contributed by atoms with Crippen molar-refractivity contribution < 1.29 is 9.53 Å². The molecular weight excluding hydrogens is 304 g/mol. The van der Waals surface area contributed by atoms with E-state index in [1.807, 2.05) is 37.3 Å². The van der Waals surface area contributed by atoms with Crippen LogP contribution in [0.5, 0.6) is 0 Å². The second-order valence-electron chi connectivity index (χ2n) is 6.27. The van der Waals surface area contributed by atoms with E-state index in [1.165, 1.54) is 0 Å². The highest BCUT2D eigenvalue weighted by molar-refractivity contribution is 5.89. The molecule has 6 heteroatoms. The van der Waals surface area contributed by atoms with Crippen LogP contribution in [0.1, 0.15) is 32.4 Å². The Labute approximate surface area is 141 Å². The zero-order chi connectivity index (χ0) is 17.1. The monoisotopic (exact) mass is 326 g/mol. The molecule has 1 aliphatic rings. The van der Waals surface area contributed by atoms with Crippen molar-refractivity contribution in [2.24, 2.45) is 5.92 Å². The Bertz CT molecular complexity index is 705. The molecule has 2 heterocycles. The van der Waals surface area contributed by atoms with E-state index in [-0.39, 0.29) is 24.1 Å². The highest BCUT2D eigenvalue weighted by Gasteiger charge is 2.37. The molecule has 2 aromatic rings. The van der Waals surface area contributed by atoms with Crippen LogP contribution in [0, 0.1) is 5.92 Å². The van der Waals surface area contributed by atoms with Crippen molar-refractivity contribution >= 4 is 17.9 Å². The van der Waals surface area contributed by atoms with Gasteiger partial charge in [0.05, 0.1) is 12.1 Å². The van der Waals surface area contributed by atoms with Gasteiger partial charge in [-0.05, 0) is 24.5 Å². The minimum Gasteiger partial charge on any atom is -0.447 e. The topological polar surface area (TPSA) is 67.3 Å². The second-order valence-corrected chi connectivity index (χ2v) is 6.27. The number of rotatable bonds is 5. The minimum absolute atomic E-state index is 0.00760. The maximum Gasteiger partial charge on any atom is 0.415 e. The van der Waals surface area contributed by atoms with Crippen molar-refractivity contribution in [2.45, 2.75) is 32.9 Å². The van der Waals surface area contributed by atoms with Crippen LogP contribution in [-0.4, -0.2) is 28.7 Å². The molecule has 1 amide bonds. The average molecular weight is 326 g/mol. The summed E-state index contributed by atoms with van der Waals surface area (Å²) in [5, 5.41) is 3.28. The summed E-state index contributed by atoms with van der Waals surface area (Å²) in [5.41, 5.74) is 1.15. The van der Waals surface area contributed by atoms with Gasteiger partial charge in [0.2, 0.25) is 5.95 Å². The van der Waals surface area contributed by atoms with E-state index in [1.54, 1.807) is 17.2 Å². The molecule has 1 unspecified atom stereocenters. The van der Waals surface area contributed by atoms with Crippen molar-refractivity contribution in [2.75, 3.05) is 16.8 Å². The molecule has 0 spiro atoms. The molecule has 0 aliphatic carbocycles. The predicted octanol–water partition coefficient (Wildman–Crippen LogP) is 3.63. The van der Waals surface area contributed by atoms with Gasteiger partial charge in [-0.2, -0.15) is 4.98 Å². The third-order valence-corrected chi connectivity index (χ3v) is 4.21. The number of ether oxygens (including phenoxy) is 1. The van der Waals surface area contributed by atoms with E-state index < -0.39 is 0 Å². The van der Waals surface area contributed by atoms with Gasteiger partial charge in [0.25, 0.3) is 0 Å². The SMILES string of the molecule is CC(C)C1COC(=O)N1c1ccnc(N[C@@H](C)c2ccccc2)n1. The van der Waals surface area contributed by atoms with Gasteiger partial charge in [0.15, 0.2) is 0 Å². The molecule has 1 aromatic heterocycles. The van der Waals surface area contributed by atoms with E-state index in [0.29, 0.717) is 18.4 Å². The first-order valence-electron chi connectivity index (χ1n) is 8.17. The normalized spacial score (nSPS) is 18.6. The molecule has 1 N–H and O–H groups in total. The number of amides is 1. The van der Waals surface area contributed by atoms with Gasteiger partial charge in [-0.15, -0.1) is 0 Å². The Hall–Kier alpha value is -2.63. The molecule has 24 heavy (non-hydrogen) atoms. The lowest BCUT2D eigenvalue weighted by Crippen LogP contribution is -2.37. The van der Waals surface area contributed by atoms with Crippen LogP contribution < -0.4 is 10.2 Å². The number of carbonyl (C=O) groups excluding carboxylic acids is 1. The minimum atomic E-state index is -0.352. The molecule has 3 rings (SSSR count). The maximum atomic E-state index is 12.1. The van der Waals surface area contributed by atoms with Gasteiger partial charge in [0.1, 0.15) is 12.4 Å². The molecule has 0 saturated carbocycles. The number of hydrogen-bond acceptors (Lipinski definition) is 5. The summed E-state index contributed by atoms with van der Waals surface area (Å²) in [6.45, 7) is 6.57. The molecule has 126 valence electrons. The predicted molar refractivity (Wildman–Crippen MR) is 93.0 cm³/mol. The van der Waals surface area contributed by atoms with Crippen LogP contribution >= 0.6 is 0 Å². The van der Waals surface area contributed by atoms with Gasteiger partial charge in [-0.25, -0.2) is 9.78 Å². The summed E-state index contributed by atoms with van der Waals surface area (Å²) in [6.07, 6.45) is 1.31. The largest absolute Gasteiger partial charge is 0.447 e. The molecule has 0 bridgehead atoms. The van der Waals surface area contributed by atoms with E-state index in [2.05, 4.69) is 29.1 Å². The van der Waals surface area contributed by atoms with Crippen molar-refractivity contribution in [1.82, 2.24) is 9.97 Å². The Morgan fingerprint density at radius 2 is 1.96 bits per heavy atom. The smallest absolute Gasteiger partial charge is 0.415 e. The summed E-state index contributed by atoms with van der Waals surface area (Å²) in [5.74, 6) is 1.34. The molecule has 1 fully saturated rings. The second kappa shape index (κ2) is 6.86. The Morgan fingerprint density at radius 3 is 2.67 bits per heavy atom. The maximum absolute atomic E-state index is 12.1. The first kappa shape index (κ1) is 16.2. The van der Waals surface area contributed by atoms with E-state index in [0.717, 1.165) is 5.56 Å². The first-order valence-corrected chi connectivity index (χ1v) is 8.17. The summed E-state index contributed by atoms with van der Waals surface area (Å²) >= 11 is 0. The number of aromatic nitrogens is 2. The highest BCUT2D eigenvalue weighted by atomic mass is 16.6. The van der Waals surface area contributed by atoms with Gasteiger partial charge in [-0.3, -0.25) is 4.90 Å². The number of nitrogens with zero attached hydrogens (tertiary/aromatic N) is 3. The van der Waals surface area contributed by atoms with Gasteiger partial charge in [0, 0.05) is 6.20 Å². The molecular formula is C18H22N4O2. The fraction of sp³-hybridized carbons (Fsp3) is 0.389. The van der Waals surface area contributed by atoms with Crippen molar-refractivity contribution in [1.29, 1.82) is 0 Å². The fourth-order valence-corrected chi connectivity index (χ4v) is 2.76. The van der Waals surface area contributed by atoms with E-state index >= 15 is 0 Å². The van der Waals surface area contributed by atoms with Crippen molar-refractivity contribution in [3.8, 4) is 0 Å². The lowest BCUT2D eigenvalue weighted by molar-refractivity contribution is 0.177. The Morgan fingerprint density at radius 1 is 1.21 bits per heavy atom. The number of cyclic esters (lactones) is 1. The third kappa shape index (κ3) is 3.32. The Kier molecular flexibility index (Phi) is 4.64. The lowest BCUT2D eigenvalue weighted by Gasteiger charge is -2.23. The number of hydrogen-bond donors (Lipinski definition) is 1. The standard InChI is InChI=1S/C18H22N4O2/c1-12(2)15-11-24-18(23)22(15)16-9-10-19-17(21-16)20-13(3)14-7-5-4-6-8-14/h4-10,12-13,15H,11H2,1-3H3,(H,19,20,21)/t13-,15?/m0/s1. The number of carbonyl (C=O) groups is 1. The first-order chi connectivity index (χ1) is 11.6. The molecule has 6 nitrogen and oxygen atoms in total. The quantitative estimate of drug-likeness (QED) is 0.909. The fourth-order valence-electron chi connectivity index (χ4n) is 2.76. The summed E-state index contributed by atoms with van der Waals surface area (Å²) < 4.78 is 5.19. The van der Waals surface area contributed by atoms with Gasteiger partial charge in [-0.1, -0.05) is 44.2 Å². The molecule has 0 radical (unpaired) electrons. The van der Waals surface area contributed by atoms with Crippen LogP contribution in [0.2, 0.25) is 0 Å². The highest BCUT2D eigenvalue weighted by Crippen LogP contribution is 2.26. The van der Waals surface area contributed by atoms with Crippen molar-refractivity contribution in [3.63, 3.8) is 0 Å². The van der Waals surface area contributed by atoms with Crippen LogP contribution in [0.3, 0.4) is 0 Å². The summed E-state index contributed by atoms with van der Waals surface area (Å²) in [4.78, 5) is 22.5. The van der Waals surface area contributed by atoms with Crippen LogP contribution in [0.15, 0.2) is 42.6 Å². The van der Waals surface area contributed by atoms with E-state index in [9.17, 15) is 4.79 Å². The zero-order valence-electron chi connectivity index (χ0n) is 14.1. The summed E-state index contributed by atoms with van der Waals surface area (Å²) in [7, 11) is 0. The molecule has 1 aliphatic heterocycles. The lowest BCUT2D eigenvalue weighted by atomic mass is 10.0. The van der Waals surface area contributed by atoms with Crippen LogP contribution in [0.25, 0.3) is 0 Å². The van der Waals surface area contributed by atoms with Gasteiger partial charge >= 0.3 is 6.09 Å². The van der Waals surface area contributed by atoms with Gasteiger partial charge < -0.3 is 10.1 Å². The molecule has 1 aromatic carbocycles. The molecule has 2 atom stereocenters. The third-order valence-electron chi connectivity index (χ3n) is 4.21. The molecule has 1 saturated heterocycles. The number of anilines is 2. The average Bonchev–Trinajstić information content (AvgIpc) is 2.98. The summed E-state index contributed by atoms with van der Waals surface area (Å²) in [6, 6.07) is 11.9. The Balaban J connectivity index is 1.80. The van der Waals surface area contributed by atoms with Crippen LogP contribution in [-0.2, 0) is 4.74 Å². The number of benzene rings is 1. The van der Waals surface area contributed by atoms with E-state index in [4.69, 9.17) is 4.74 Å². The zero-order valence-corrected chi connectivity index (χ0v) is 14.1. The van der Waals surface area contributed by atoms with Crippen LogP contribution in [0.4, 0.5) is 16.6 Å².